The van der Waals surface area contributed by atoms with Crippen molar-refractivity contribution in [2.24, 2.45) is 7.05 Å². The van der Waals surface area contributed by atoms with Gasteiger partial charge in [0.1, 0.15) is 10.5 Å². The molecule has 0 aliphatic heterocycles. The van der Waals surface area contributed by atoms with Crippen LogP contribution in [-0.2, 0) is 13.6 Å². The van der Waals surface area contributed by atoms with Crippen LogP contribution in [0, 0.1) is 0 Å². The van der Waals surface area contributed by atoms with E-state index < -0.39 is 0 Å². The SMILES string of the molecule is Cn1nc(C2CC2)nc1Cn1cc(Br)c2ccsc2c1=O. The van der Waals surface area contributed by atoms with E-state index in [4.69, 9.17) is 0 Å². The van der Waals surface area contributed by atoms with E-state index in [0.717, 1.165) is 26.2 Å². The average molecular weight is 365 g/mol. The number of nitrogens with zero attached hydrogens (tertiary/aromatic N) is 4. The van der Waals surface area contributed by atoms with Crippen LogP contribution in [0.5, 0.6) is 0 Å². The summed E-state index contributed by atoms with van der Waals surface area (Å²) < 4.78 is 5.19. The van der Waals surface area contributed by atoms with Crippen LogP contribution in [0.15, 0.2) is 26.9 Å². The molecule has 1 fully saturated rings. The van der Waals surface area contributed by atoms with Gasteiger partial charge < -0.3 is 4.57 Å². The second-order valence-corrected chi connectivity index (χ2v) is 7.13. The van der Waals surface area contributed by atoms with Gasteiger partial charge in [-0.3, -0.25) is 9.48 Å². The Morgan fingerprint density at radius 1 is 1.48 bits per heavy atom. The number of aromatic nitrogens is 4. The van der Waals surface area contributed by atoms with E-state index in [1.54, 1.807) is 9.25 Å². The van der Waals surface area contributed by atoms with Crippen LogP contribution in [0.25, 0.3) is 10.1 Å². The lowest BCUT2D eigenvalue weighted by atomic mass is 10.3. The summed E-state index contributed by atoms with van der Waals surface area (Å²) in [6, 6.07) is 1.96. The Bertz CT molecular complexity index is 890. The van der Waals surface area contributed by atoms with E-state index in [1.807, 2.05) is 24.7 Å². The van der Waals surface area contributed by atoms with Crippen LogP contribution >= 0.6 is 27.3 Å². The summed E-state index contributed by atoms with van der Waals surface area (Å²) in [7, 11) is 1.89. The van der Waals surface area contributed by atoms with Gasteiger partial charge in [0.15, 0.2) is 5.82 Å². The molecule has 0 spiro atoms. The number of pyridine rings is 1. The fourth-order valence-corrected chi connectivity index (χ4v) is 3.99. The molecule has 0 unspecified atom stereocenters. The van der Waals surface area contributed by atoms with Crippen molar-refractivity contribution in [1.82, 2.24) is 19.3 Å². The number of fused-ring (bicyclic) bond motifs is 1. The van der Waals surface area contributed by atoms with Crippen LogP contribution in [0.1, 0.15) is 30.4 Å². The minimum atomic E-state index is 0.0270. The van der Waals surface area contributed by atoms with Crippen molar-refractivity contribution >= 4 is 37.4 Å². The molecule has 3 heterocycles. The minimum absolute atomic E-state index is 0.0270. The molecule has 0 atom stereocenters. The normalized spacial score (nSPS) is 15.0. The van der Waals surface area contributed by atoms with Crippen molar-refractivity contribution in [3.63, 3.8) is 0 Å². The first kappa shape index (κ1) is 13.2. The summed E-state index contributed by atoms with van der Waals surface area (Å²) in [5.74, 6) is 2.26. The Morgan fingerprint density at radius 3 is 3.05 bits per heavy atom. The number of thiophene rings is 1. The number of hydrogen-bond acceptors (Lipinski definition) is 4. The third-order valence-corrected chi connectivity index (χ3v) is 5.31. The van der Waals surface area contributed by atoms with Crippen molar-refractivity contribution in [2.75, 3.05) is 0 Å². The Labute approximate surface area is 133 Å². The molecule has 7 heteroatoms. The van der Waals surface area contributed by atoms with Crippen molar-refractivity contribution < 1.29 is 0 Å². The predicted molar refractivity (Wildman–Crippen MR) is 85.9 cm³/mol. The molecule has 1 aliphatic rings. The quantitative estimate of drug-likeness (QED) is 0.717. The highest BCUT2D eigenvalue weighted by Crippen LogP contribution is 2.38. The summed E-state index contributed by atoms with van der Waals surface area (Å²) in [5.41, 5.74) is 0.0270. The van der Waals surface area contributed by atoms with Gasteiger partial charge in [-0.15, -0.1) is 11.3 Å². The molecule has 3 aromatic heterocycles. The highest BCUT2D eigenvalue weighted by molar-refractivity contribution is 9.10. The third kappa shape index (κ3) is 2.24. The van der Waals surface area contributed by atoms with E-state index in [9.17, 15) is 4.79 Å². The molecule has 0 radical (unpaired) electrons. The van der Waals surface area contributed by atoms with Crippen molar-refractivity contribution in [2.45, 2.75) is 25.3 Å². The molecule has 0 bridgehead atoms. The van der Waals surface area contributed by atoms with Crippen molar-refractivity contribution in [3.05, 3.63) is 44.1 Å². The summed E-state index contributed by atoms with van der Waals surface area (Å²) in [6.07, 6.45) is 4.19. The van der Waals surface area contributed by atoms with Gasteiger partial charge in [0.25, 0.3) is 5.56 Å². The van der Waals surface area contributed by atoms with Crippen LogP contribution in [0.4, 0.5) is 0 Å². The van der Waals surface area contributed by atoms with Gasteiger partial charge in [0.2, 0.25) is 0 Å². The maximum atomic E-state index is 12.5. The standard InChI is InChI=1S/C14H13BrN4OS/c1-18-11(16-13(17-18)8-2-3-8)7-19-6-10(15)9-4-5-21-12(9)14(19)20/h4-6,8H,2-3,7H2,1H3. The van der Waals surface area contributed by atoms with E-state index in [1.165, 1.54) is 24.2 Å². The number of rotatable bonds is 3. The lowest BCUT2D eigenvalue weighted by molar-refractivity contribution is 0.641. The summed E-state index contributed by atoms with van der Waals surface area (Å²) >= 11 is 5.01. The highest BCUT2D eigenvalue weighted by Gasteiger charge is 2.28. The highest BCUT2D eigenvalue weighted by atomic mass is 79.9. The van der Waals surface area contributed by atoms with Crippen LogP contribution in [0.2, 0.25) is 0 Å². The maximum absolute atomic E-state index is 12.5. The zero-order valence-electron chi connectivity index (χ0n) is 11.4. The number of halogens is 1. The van der Waals surface area contributed by atoms with Crippen LogP contribution in [0.3, 0.4) is 0 Å². The van der Waals surface area contributed by atoms with E-state index in [2.05, 4.69) is 26.0 Å². The average Bonchev–Trinajstić information content (AvgIpc) is 3.06. The molecule has 21 heavy (non-hydrogen) atoms. The largest absolute Gasteiger partial charge is 0.306 e. The molecule has 1 aliphatic carbocycles. The van der Waals surface area contributed by atoms with Crippen molar-refractivity contribution in [1.29, 1.82) is 0 Å². The first-order valence-electron chi connectivity index (χ1n) is 6.79. The topological polar surface area (TPSA) is 52.7 Å². The van der Waals surface area contributed by atoms with E-state index in [0.29, 0.717) is 12.5 Å². The molecule has 1 saturated carbocycles. The fourth-order valence-electron chi connectivity index (χ4n) is 2.42. The predicted octanol–water partition coefficient (Wildman–Crippen LogP) is 2.88. The molecule has 0 amide bonds. The maximum Gasteiger partial charge on any atom is 0.268 e. The Kier molecular flexibility index (Phi) is 3.00. The molecule has 0 N–H and O–H groups in total. The van der Waals surface area contributed by atoms with E-state index >= 15 is 0 Å². The molecule has 108 valence electrons. The van der Waals surface area contributed by atoms with Crippen LogP contribution in [-0.4, -0.2) is 19.3 Å². The van der Waals surface area contributed by atoms with Gasteiger partial charge in [-0.05, 0) is 40.2 Å². The smallest absolute Gasteiger partial charge is 0.268 e. The van der Waals surface area contributed by atoms with Crippen LogP contribution < -0.4 is 5.56 Å². The number of hydrogen-bond donors (Lipinski definition) is 0. The molecule has 5 nitrogen and oxygen atoms in total. The Hall–Kier alpha value is -1.47. The zero-order valence-corrected chi connectivity index (χ0v) is 13.8. The van der Waals surface area contributed by atoms with Crippen molar-refractivity contribution in [3.8, 4) is 0 Å². The monoisotopic (exact) mass is 364 g/mol. The summed E-state index contributed by atoms with van der Waals surface area (Å²) in [5, 5.41) is 7.36. The number of aryl methyl sites for hydroxylation is 1. The summed E-state index contributed by atoms with van der Waals surface area (Å²) in [6.45, 7) is 0.446. The minimum Gasteiger partial charge on any atom is -0.306 e. The lowest BCUT2D eigenvalue weighted by Crippen LogP contribution is -2.21. The second-order valence-electron chi connectivity index (χ2n) is 5.36. The zero-order chi connectivity index (χ0) is 14.6. The molecular formula is C14H13BrN4OS. The Morgan fingerprint density at radius 2 is 2.29 bits per heavy atom. The molecule has 0 saturated heterocycles. The van der Waals surface area contributed by atoms with Gasteiger partial charge >= 0.3 is 0 Å². The molecule has 4 rings (SSSR count). The Balaban J connectivity index is 1.77. The molecule has 0 aromatic carbocycles. The first-order chi connectivity index (χ1) is 10.1. The summed E-state index contributed by atoms with van der Waals surface area (Å²) in [4.78, 5) is 17.1. The molecular weight excluding hydrogens is 352 g/mol. The fraction of sp³-hybridized carbons (Fsp3) is 0.357. The van der Waals surface area contributed by atoms with Gasteiger partial charge in [-0.25, -0.2) is 4.98 Å². The lowest BCUT2D eigenvalue weighted by Gasteiger charge is -2.06. The van der Waals surface area contributed by atoms with Gasteiger partial charge in [0, 0.05) is 29.0 Å². The van der Waals surface area contributed by atoms with Gasteiger partial charge in [-0.1, -0.05) is 0 Å². The molecule has 3 aromatic rings. The second kappa shape index (κ2) is 4.78. The first-order valence-corrected chi connectivity index (χ1v) is 8.46. The van der Waals surface area contributed by atoms with Gasteiger partial charge in [0.05, 0.1) is 6.54 Å². The van der Waals surface area contributed by atoms with Gasteiger partial charge in [-0.2, -0.15) is 5.10 Å². The third-order valence-electron chi connectivity index (χ3n) is 3.77. The van der Waals surface area contributed by atoms with E-state index in [-0.39, 0.29) is 5.56 Å².